The number of hydrogen-bond donors (Lipinski definition) is 2. The Hall–Kier alpha value is -0.960. The van der Waals surface area contributed by atoms with Gasteiger partial charge in [-0.1, -0.05) is 6.08 Å². The first-order valence-electron chi connectivity index (χ1n) is 3.83. The molecule has 2 rings (SSSR count). The van der Waals surface area contributed by atoms with Crippen LogP contribution in [-0.4, -0.2) is 16.5 Å². The number of hydrogen-bond acceptors (Lipinski definition) is 2. The van der Waals surface area contributed by atoms with E-state index in [1.165, 1.54) is 5.56 Å². The highest BCUT2D eigenvalue weighted by atomic mass is 32.1. The maximum absolute atomic E-state index is 10.4. The van der Waals surface area contributed by atoms with Crippen LogP contribution in [-0.2, 0) is 6.42 Å². The molecule has 1 heterocycles. The van der Waals surface area contributed by atoms with Crippen LogP contribution in [0.5, 0.6) is 0 Å². The van der Waals surface area contributed by atoms with Crippen LogP contribution in [0.4, 0.5) is 0 Å². The molecular weight excluding hydrogens is 170 g/mol. The zero-order valence-corrected chi connectivity index (χ0v) is 7.34. The average molecular weight is 179 g/mol. The van der Waals surface area contributed by atoms with Crippen molar-refractivity contribution < 1.29 is 4.79 Å². The predicted octanol–water partition coefficient (Wildman–Crippen LogP) is 1.69. The molecule has 0 saturated carbocycles. The van der Waals surface area contributed by atoms with Gasteiger partial charge < -0.3 is 4.98 Å². The van der Waals surface area contributed by atoms with Gasteiger partial charge in [-0.2, -0.15) is 12.6 Å². The molecule has 1 N–H and O–H groups in total. The van der Waals surface area contributed by atoms with Gasteiger partial charge in [0.15, 0.2) is 6.29 Å². The predicted molar refractivity (Wildman–Crippen MR) is 51.7 cm³/mol. The fourth-order valence-corrected chi connectivity index (χ4v) is 1.70. The quantitative estimate of drug-likeness (QED) is 0.499. The molecule has 1 atom stereocenters. The molecule has 0 amide bonds. The third-order valence-electron chi connectivity index (χ3n) is 2.00. The number of aromatic nitrogens is 1. The summed E-state index contributed by atoms with van der Waals surface area (Å²) < 4.78 is 0. The van der Waals surface area contributed by atoms with E-state index in [4.69, 9.17) is 0 Å². The van der Waals surface area contributed by atoms with Gasteiger partial charge in [-0.05, 0) is 24.1 Å². The van der Waals surface area contributed by atoms with E-state index in [1.54, 1.807) is 0 Å². The van der Waals surface area contributed by atoms with Crippen molar-refractivity contribution in [1.29, 1.82) is 0 Å². The Morgan fingerprint density at radius 3 is 3.25 bits per heavy atom. The van der Waals surface area contributed by atoms with Crippen molar-refractivity contribution in [3.05, 3.63) is 29.1 Å². The molecule has 2 nitrogen and oxygen atoms in total. The second-order valence-electron chi connectivity index (χ2n) is 2.91. The van der Waals surface area contributed by atoms with E-state index < -0.39 is 0 Å². The summed E-state index contributed by atoms with van der Waals surface area (Å²) in [4.78, 5) is 13.4. The third-order valence-corrected chi connectivity index (χ3v) is 2.35. The Bertz CT molecular complexity index is 340. The number of rotatable bonds is 1. The third kappa shape index (κ3) is 1.20. The van der Waals surface area contributed by atoms with Gasteiger partial charge >= 0.3 is 0 Å². The number of thiol groups is 1. The maximum Gasteiger partial charge on any atom is 0.166 e. The van der Waals surface area contributed by atoms with Gasteiger partial charge in [0, 0.05) is 10.9 Å². The zero-order chi connectivity index (χ0) is 8.55. The van der Waals surface area contributed by atoms with Gasteiger partial charge in [-0.25, -0.2) is 0 Å². The van der Waals surface area contributed by atoms with E-state index in [0.29, 0.717) is 5.69 Å². The Kier molecular flexibility index (Phi) is 1.81. The van der Waals surface area contributed by atoms with Crippen LogP contribution in [0, 0.1) is 0 Å². The summed E-state index contributed by atoms with van der Waals surface area (Å²) in [7, 11) is 0. The molecule has 0 spiro atoms. The molecule has 1 aromatic heterocycles. The minimum atomic E-state index is 0.285. The standard InChI is InChI=1S/C9H9NOS/c11-5-7-3-6-4-8(12)1-2-9(6)10-7/h1-3,5,8,10,12H,4H2. The lowest BCUT2D eigenvalue weighted by molar-refractivity contribution is 0.111. The second kappa shape index (κ2) is 2.83. The second-order valence-corrected chi connectivity index (χ2v) is 3.58. The molecule has 1 unspecified atom stereocenters. The number of carbonyl (C=O) groups is 1. The largest absolute Gasteiger partial charge is 0.353 e. The van der Waals surface area contributed by atoms with E-state index in [9.17, 15) is 4.79 Å². The van der Waals surface area contributed by atoms with E-state index in [0.717, 1.165) is 18.4 Å². The summed E-state index contributed by atoms with van der Waals surface area (Å²) >= 11 is 4.34. The van der Waals surface area contributed by atoms with Gasteiger partial charge in [0.2, 0.25) is 0 Å². The van der Waals surface area contributed by atoms with Gasteiger partial charge in [-0.15, -0.1) is 0 Å². The van der Waals surface area contributed by atoms with Crippen LogP contribution < -0.4 is 0 Å². The molecular formula is C9H9NOS. The normalized spacial score (nSPS) is 20.6. The molecule has 1 aromatic rings. The van der Waals surface area contributed by atoms with E-state index in [2.05, 4.69) is 17.6 Å². The topological polar surface area (TPSA) is 32.9 Å². The monoisotopic (exact) mass is 179 g/mol. The van der Waals surface area contributed by atoms with Crippen LogP contribution in [0.15, 0.2) is 12.1 Å². The van der Waals surface area contributed by atoms with Crippen LogP contribution in [0.1, 0.15) is 21.7 Å². The van der Waals surface area contributed by atoms with Crippen LogP contribution >= 0.6 is 12.6 Å². The van der Waals surface area contributed by atoms with Crippen molar-refractivity contribution in [2.75, 3.05) is 0 Å². The van der Waals surface area contributed by atoms with Crippen molar-refractivity contribution in [2.24, 2.45) is 0 Å². The number of carbonyl (C=O) groups excluding carboxylic acids is 1. The number of aldehydes is 1. The van der Waals surface area contributed by atoms with Crippen molar-refractivity contribution in [2.45, 2.75) is 11.7 Å². The van der Waals surface area contributed by atoms with Crippen LogP contribution in [0.25, 0.3) is 6.08 Å². The first-order chi connectivity index (χ1) is 5.79. The SMILES string of the molecule is O=Cc1cc2c([nH]1)C=CC(S)C2. The molecule has 0 aromatic carbocycles. The average Bonchev–Trinajstić information content (AvgIpc) is 2.46. The Morgan fingerprint density at radius 2 is 2.50 bits per heavy atom. The minimum Gasteiger partial charge on any atom is -0.353 e. The molecule has 3 heteroatoms. The van der Waals surface area contributed by atoms with Gasteiger partial charge in [0.1, 0.15) is 0 Å². The Morgan fingerprint density at radius 1 is 1.67 bits per heavy atom. The first-order valence-corrected chi connectivity index (χ1v) is 4.34. The number of H-pyrrole nitrogens is 1. The molecule has 12 heavy (non-hydrogen) atoms. The molecule has 0 radical (unpaired) electrons. The lowest BCUT2D eigenvalue weighted by atomic mass is 10.0. The summed E-state index contributed by atoms with van der Waals surface area (Å²) in [5, 5.41) is 0.285. The summed E-state index contributed by atoms with van der Waals surface area (Å²) in [6.07, 6.45) is 5.74. The van der Waals surface area contributed by atoms with Gasteiger partial charge in [-0.3, -0.25) is 4.79 Å². The highest BCUT2D eigenvalue weighted by Crippen LogP contribution is 2.21. The maximum atomic E-state index is 10.4. The first kappa shape index (κ1) is 7.68. The summed E-state index contributed by atoms with van der Waals surface area (Å²) in [6.45, 7) is 0. The number of aromatic amines is 1. The lowest BCUT2D eigenvalue weighted by Gasteiger charge is -2.09. The molecule has 0 saturated heterocycles. The van der Waals surface area contributed by atoms with Crippen LogP contribution in [0.2, 0.25) is 0 Å². The summed E-state index contributed by atoms with van der Waals surface area (Å²) in [6, 6.07) is 1.88. The zero-order valence-electron chi connectivity index (χ0n) is 6.45. The molecule has 1 aliphatic carbocycles. The lowest BCUT2D eigenvalue weighted by Crippen LogP contribution is -2.03. The van der Waals surface area contributed by atoms with E-state index in [1.807, 2.05) is 18.2 Å². The smallest absolute Gasteiger partial charge is 0.166 e. The fourth-order valence-electron chi connectivity index (χ4n) is 1.42. The molecule has 0 fully saturated rings. The van der Waals surface area contributed by atoms with Gasteiger partial charge in [0.25, 0.3) is 0 Å². The van der Waals surface area contributed by atoms with E-state index in [-0.39, 0.29) is 5.25 Å². The molecule has 62 valence electrons. The van der Waals surface area contributed by atoms with Crippen molar-refractivity contribution in [3.63, 3.8) is 0 Å². The minimum absolute atomic E-state index is 0.285. The Balaban J connectivity index is 2.43. The number of nitrogens with one attached hydrogen (secondary N) is 1. The van der Waals surface area contributed by atoms with Crippen molar-refractivity contribution in [3.8, 4) is 0 Å². The number of fused-ring (bicyclic) bond motifs is 1. The summed E-state index contributed by atoms with van der Waals surface area (Å²) in [5.41, 5.74) is 2.87. The van der Waals surface area contributed by atoms with Crippen LogP contribution in [0.3, 0.4) is 0 Å². The molecule has 1 aliphatic rings. The molecule has 0 bridgehead atoms. The van der Waals surface area contributed by atoms with E-state index >= 15 is 0 Å². The molecule has 0 aliphatic heterocycles. The highest BCUT2D eigenvalue weighted by molar-refractivity contribution is 7.81. The fraction of sp³-hybridized carbons (Fsp3) is 0.222. The van der Waals surface area contributed by atoms with Gasteiger partial charge in [0.05, 0.1) is 5.69 Å². The Labute approximate surface area is 76.1 Å². The summed E-state index contributed by atoms with van der Waals surface area (Å²) in [5.74, 6) is 0. The van der Waals surface area contributed by atoms with Crippen molar-refractivity contribution in [1.82, 2.24) is 4.98 Å². The van der Waals surface area contributed by atoms with Crippen molar-refractivity contribution >= 4 is 25.0 Å². The highest BCUT2D eigenvalue weighted by Gasteiger charge is 2.12.